The minimum Gasteiger partial charge on any atom is -0.497 e. The smallest absolute Gasteiger partial charge is 0.336 e. The average Bonchev–Trinajstić information content (AvgIpc) is 2.90. The van der Waals surface area contributed by atoms with Gasteiger partial charge in [0, 0.05) is 23.4 Å². The number of carboxylic acids is 1. The molecule has 0 heterocycles. The minimum atomic E-state index is -3.67. The Kier molecular flexibility index (Phi) is 11.1. The number of carbonyl (C=O) groups is 3. The van der Waals surface area contributed by atoms with Gasteiger partial charge in [-0.3, -0.25) is 19.6 Å². The molecule has 3 aromatic rings. The number of rotatable bonds is 9. The number of carboxylic acid groups (broad SMARTS) is 1. The normalized spacial score (nSPS) is 10.7. The molecule has 0 aliphatic heterocycles. The molecule has 0 saturated carbocycles. The van der Waals surface area contributed by atoms with Crippen LogP contribution < -0.4 is 21.1 Å². The number of amidine groups is 1. The predicted octanol–water partition coefficient (Wildman–Crippen LogP) is 3.49. The molecule has 218 valence electrons. The van der Waals surface area contributed by atoms with Gasteiger partial charge in [0.2, 0.25) is 0 Å². The second-order valence-electron chi connectivity index (χ2n) is 9.26. The van der Waals surface area contributed by atoms with Crippen molar-refractivity contribution in [2.75, 3.05) is 25.2 Å². The Balaban J connectivity index is 0.00000108. The van der Waals surface area contributed by atoms with Crippen molar-refractivity contribution in [2.45, 2.75) is 13.8 Å². The van der Waals surface area contributed by atoms with Crippen LogP contribution in [-0.4, -0.2) is 61.6 Å². The Morgan fingerprint density at radius 1 is 0.927 bits per heavy atom. The lowest BCUT2D eigenvalue weighted by Gasteiger charge is -2.15. The molecule has 0 aliphatic carbocycles. The molecule has 3 rings (SSSR count). The number of nitrogen functional groups attached to an aromatic ring is 1. The fraction of sp³-hybridized carbons (Fsp3) is 0.214. The van der Waals surface area contributed by atoms with Crippen LogP contribution in [0, 0.1) is 11.3 Å². The van der Waals surface area contributed by atoms with Crippen LogP contribution in [0.25, 0.3) is 11.1 Å². The van der Waals surface area contributed by atoms with Gasteiger partial charge >= 0.3 is 5.97 Å². The summed E-state index contributed by atoms with van der Waals surface area (Å²) >= 11 is 0. The summed E-state index contributed by atoms with van der Waals surface area (Å²) in [5.74, 6) is -1.53. The van der Waals surface area contributed by atoms with Gasteiger partial charge in [0.1, 0.15) is 11.6 Å². The Morgan fingerprint density at radius 2 is 1.46 bits per heavy atom. The second-order valence-corrected chi connectivity index (χ2v) is 10.7. The van der Waals surface area contributed by atoms with E-state index in [1.807, 2.05) is 13.8 Å². The van der Waals surface area contributed by atoms with Crippen molar-refractivity contribution in [3.05, 3.63) is 82.9 Å². The van der Waals surface area contributed by atoms with E-state index >= 15 is 0 Å². The van der Waals surface area contributed by atoms with Gasteiger partial charge in [-0.25, -0.2) is 4.79 Å². The van der Waals surface area contributed by atoms with Crippen LogP contribution in [0.4, 0.5) is 5.69 Å². The van der Waals surface area contributed by atoms with Crippen LogP contribution >= 0.6 is 0 Å². The zero-order valence-electron chi connectivity index (χ0n) is 22.9. The zero-order chi connectivity index (χ0) is 30.9. The van der Waals surface area contributed by atoms with Crippen molar-refractivity contribution in [1.29, 1.82) is 5.41 Å². The number of nitrogens with two attached hydrogens (primary N) is 1. The predicted molar refractivity (Wildman–Crippen MR) is 155 cm³/mol. The summed E-state index contributed by atoms with van der Waals surface area (Å²) in [6.07, 6.45) is 0.715. The topological polar surface area (TPSA) is 209 Å². The quantitative estimate of drug-likeness (QED) is 0.123. The molecule has 0 bridgehead atoms. The van der Waals surface area contributed by atoms with Gasteiger partial charge < -0.3 is 26.2 Å². The number of methoxy groups -OCH3 is 1. The van der Waals surface area contributed by atoms with Crippen LogP contribution in [0.5, 0.6) is 5.75 Å². The Labute approximate surface area is 237 Å². The lowest BCUT2D eigenvalue weighted by atomic mass is 9.93. The number of anilines is 1. The van der Waals surface area contributed by atoms with Crippen molar-refractivity contribution in [2.24, 2.45) is 11.7 Å². The summed E-state index contributed by atoms with van der Waals surface area (Å²) in [5.41, 5.74) is 7.38. The maximum absolute atomic E-state index is 13.3. The second kappa shape index (κ2) is 14.1. The van der Waals surface area contributed by atoms with Crippen molar-refractivity contribution in [1.82, 2.24) is 5.32 Å². The first-order valence-corrected chi connectivity index (χ1v) is 14.0. The number of amides is 2. The van der Waals surface area contributed by atoms with E-state index in [-0.39, 0.29) is 39.9 Å². The van der Waals surface area contributed by atoms with Gasteiger partial charge in [-0.2, -0.15) is 8.42 Å². The van der Waals surface area contributed by atoms with Crippen molar-refractivity contribution < 1.29 is 37.2 Å². The van der Waals surface area contributed by atoms with E-state index in [1.54, 1.807) is 36.4 Å². The van der Waals surface area contributed by atoms with Crippen LogP contribution in [0.1, 0.15) is 50.5 Å². The number of hydrogen-bond acceptors (Lipinski definition) is 7. The molecule has 13 heteroatoms. The third-order valence-electron chi connectivity index (χ3n) is 5.40. The molecule has 0 atom stereocenters. The summed E-state index contributed by atoms with van der Waals surface area (Å²) in [7, 11) is -2.20. The Hall–Kier alpha value is -4.75. The summed E-state index contributed by atoms with van der Waals surface area (Å²) in [4.78, 5) is 37.9. The zero-order valence-corrected chi connectivity index (χ0v) is 23.7. The van der Waals surface area contributed by atoms with Crippen LogP contribution in [0.2, 0.25) is 0 Å². The van der Waals surface area contributed by atoms with E-state index in [1.165, 1.54) is 31.4 Å². The molecule has 0 aliphatic rings. The summed E-state index contributed by atoms with van der Waals surface area (Å²) in [6.45, 7) is 4.37. The van der Waals surface area contributed by atoms with Crippen LogP contribution in [0.15, 0.2) is 60.7 Å². The third kappa shape index (κ3) is 10.1. The Bertz CT molecular complexity index is 1540. The molecular formula is C28H32N4O8S. The number of hydrogen-bond donors (Lipinski definition) is 6. The van der Waals surface area contributed by atoms with E-state index in [9.17, 15) is 27.9 Å². The van der Waals surface area contributed by atoms with Gasteiger partial charge in [0.05, 0.1) is 24.5 Å². The van der Waals surface area contributed by atoms with Crippen molar-refractivity contribution in [3.63, 3.8) is 0 Å². The largest absolute Gasteiger partial charge is 0.497 e. The average molecular weight is 585 g/mol. The number of nitrogens with one attached hydrogen (secondary N) is 3. The molecule has 0 spiro atoms. The van der Waals surface area contributed by atoms with E-state index in [2.05, 4.69) is 10.6 Å². The van der Waals surface area contributed by atoms with E-state index in [4.69, 9.17) is 20.4 Å². The molecule has 2 amide bonds. The summed E-state index contributed by atoms with van der Waals surface area (Å²) < 4.78 is 31.1. The third-order valence-corrected chi connectivity index (χ3v) is 5.40. The van der Waals surface area contributed by atoms with Crippen molar-refractivity contribution in [3.8, 4) is 16.9 Å². The molecule has 3 aromatic carbocycles. The van der Waals surface area contributed by atoms with Gasteiger partial charge in [0.15, 0.2) is 0 Å². The molecule has 41 heavy (non-hydrogen) atoms. The molecular weight excluding hydrogens is 552 g/mol. The van der Waals surface area contributed by atoms with Gasteiger partial charge in [0.25, 0.3) is 21.9 Å². The first kappa shape index (κ1) is 32.5. The molecule has 0 aromatic heterocycles. The number of carbonyl (C=O) groups excluding carboxylic acids is 2. The first-order chi connectivity index (χ1) is 19.1. The highest BCUT2D eigenvalue weighted by Gasteiger charge is 2.21. The first-order valence-electron chi connectivity index (χ1n) is 12.1. The number of benzene rings is 3. The molecule has 7 N–H and O–H groups in total. The van der Waals surface area contributed by atoms with E-state index in [0.717, 1.165) is 0 Å². The highest BCUT2D eigenvalue weighted by atomic mass is 32.2. The lowest BCUT2D eigenvalue weighted by molar-refractivity contribution is 0.0697. The maximum Gasteiger partial charge on any atom is 0.336 e. The molecule has 0 unspecified atom stereocenters. The fourth-order valence-corrected chi connectivity index (χ4v) is 3.50. The van der Waals surface area contributed by atoms with Gasteiger partial charge in [-0.1, -0.05) is 19.9 Å². The van der Waals surface area contributed by atoms with Gasteiger partial charge in [-0.15, -0.1) is 0 Å². The number of ether oxygens (including phenoxy) is 1. The standard InChI is InChI=1S/C27H28N4O5.CH4O3S/c1-15(2)14-30-25(32)17-6-10-21(23(12-17)27(34)35)20-11-9-19(36-3)13-22(20)26(33)31-18-7-4-16(5-8-18)24(28)29;1-5(2,3)4/h4-13,15H,14H2,1-3H3,(H3,28,29)(H,30,32)(H,31,33)(H,34,35);1H3,(H,2,3,4). The summed E-state index contributed by atoms with van der Waals surface area (Å²) in [6, 6.07) is 15.5. The molecule has 12 nitrogen and oxygen atoms in total. The maximum atomic E-state index is 13.3. The van der Waals surface area contributed by atoms with Crippen LogP contribution in [0.3, 0.4) is 0 Å². The molecule has 0 radical (unpaired) electrons. The van der Waals surface area contributed by atoms with E-state index in [0.29, 0.717) is 35.4 Å². The molecule has 0 fully saturated rings. The lowest BCUT2D eigenvalue weighted by Crippen LogP contribution is -2.27. The van der Waals surface area contributed by atoms with Crippen molar-refractivity contribution >= 4 is 39.4 Å². The van der Waals surface area contributed by atoms with Gasteiger partial charge in [-0.05, 0) is 71.6 Å². The molecule has 0 saturated heterocycles. The summed E-state index contributed by atoms with van der Waals surface area (Å²) in [5, 5.41) is 22.9. The highest BCUT2D eigenvalue weighted by Crippen LogP contribution is 2.32. The fourth-order valence-electron chi connectivity index (χ4n) is 3.50. The van der Waals surface area contributed by atoms with Crippen LogP contribution in [-0.2, 0) is 10.1 Å². The highest BCUT2D eigenvalue weighted by molar-refractivity contribution is 7.85. The minimum absolute atomic E-state index is 0.0921. The monoisotopic (exact) mass is 584 g/mol. The number of aromatic carboxylic acids is 1. The SMILES string of the molecule is COc1ccc(-c2ccc(C(=O)NCC(C)C)cc2C(=O)O)c(C(=O)Nc2ccc(C(=N)N)cc2)c1.CS(=O)(=O)O. The Morgan fingerprint density at radius 3 is 1.98 bits per heavy atom. The van der Waals surface area contributed by atoms with E-state index < -0.39 is 22.0 Å².